The van der Waals surface area contributed by atoms with E-state index < -0.39 is 11.9 Å². The summed E-state index contributed by atoms with van der Waals surface area (Å²) in [6.45, 7) is -0.361. The second-order valence-electron chi connectivity index (χ2n) is 5.23. The first-order valence-electron chi connectivity index (χ1n) is 7.78. The third-order valence-corrected chi connectivity index (χ3v) is 5.14. The quantitative estimate of drug-likeness (QED) is 0.506. The van der Waals surface area contributed by atoms with Gasteiger partial charge in [0.05, 0.1) is 5.69 Å². The van der Waals surface area contributed by atoms with Crippen LogP contribution in [0.4, 0.5) is 5.69 Å². The van der Waals surface area contributed by atoms with Crippen molar-refractivity contribution in [2.75, 3.05) is 18.2 Å². The van der Waals surface area contributed by atoms with Crippen molar-refractivity contribution < 1.29 is 14.3 Å². The Labute approximate surface area is 159 Å². The van der Waals surface area contributed by atoms with E-state index in [1.54, 1.807) is 11.4 Å². The first kappa shape index (κ1) is 18.2. The van der Waals surface area contributed by atoms with Gasteiger partial charge in [0.15, 0.2) is 12.3 Å². The fourth-order valence-corrected chi connectivity index (χ4v) is 3.57. The van der Waals surface area contributed by atoms with Crippen molar-refractivity contribution >= 4 is 40.7 Å². The van der Waals surface area contributed by atoms with E-state index in [-0.39, 0.29) is 12.3 Å². The molecule has 0 saturated carbocycles. The number of hydrogen-bond donors (Lipinski definition) is 1. The second-order valence-corrected chi connectivity index (χ2v) is 6.93. The van der Waals surface area contributed by atoms with Gasteiger partial charge in [-0.15, -0.1) is 23.1 Å². The van der Waals surface area contributed by atoms with Crippen LogP contribution in [0, 0.1) is 0 Å². The van der Waals surface area contributed by atoms with E-state index in [2.05, 4.69) is 10.3 Å². The SMILES string of the molecule is CSc1ccccc1NC(=O)COC(=O)c1csc(-c2ccccc2)n1. The molecule has 0 fully saturated rings. The fourth-order valence-electron chi connectivity index (χ4n) is 2.22. The number of nitrogens with one attached hydrogen (secondary N) is 1. The lowest BCUT2D eigenvalue weighted by molar-refractivity contribution is -0.119. The average molecular weight is 384 g/mol. The van der Waals surface area contributed by atoms with E-state index >= 15 is 0 Å². The van der Waals surface area contributed by atoms with Gasteiger partial charge in [-0.25, -0.2) is 9.78 Å². The van der Waals surface area contributed by atoms with Gasteiger partial charge in [0.25, 0.3) is 5.91 Å². The third kappa shape index (κ3) is 4.50. The van der Waals surface area contributed by atoms with E-state index in [1.807, 2.05) is 54.8 Å². The maximum absolute atomic E-state index is 12.1. The van der Waals surface area contributed by atoms with Crippen molar-refractivity contribution in [3.05, 3.63) is 65.7 Å². The molecule has 7 heteroatoms. The highest BCUT2D eigenvalue weighted by Gasteiger charge is 2.15. The molecule has 132 valence electrons. The van der Waals surface area contributed by atoms with Gasteiger partial charge >= 0.3 is 5.97 Å². The minimum Gasteiger partial charge on any atom is -0.451 e. The van der Waals surface area contributed by atoms with Gasteiger partial charge in [-0.1, -0.05) is 42.5 Å². The number of esters is 1. The summed E-state index contributed by atoms with van der Waals surface area (Å²) in [6.07, 6.45) is 1.93. The Morgan fingerprint density at radius 2 is 1.85 bits per heavy atom. The van der Waals surface area contributed by atoms with Gasteiger partial charge < -0.3 is 10.1 Å². The van der Waals surface area contributed by atoms with E-state index in [9.17, 15) is 9.59 Å². The molecule has 0 radical (unpaired) electrons. The number of ether oxygens (including phenoxy) is 1. The number of carbonyl (C=O) groups is 2. The minimum absolute atomic E-state index is 0.200. The molecule has 0 unspecified atom stereocenters. The van der Waals surface area contributed by atoms with Crippen LogP contribution >= 0.6 is 23.1 Å². The zero-order valence-corrected chi connectivity index (χ0v) is 15.6. The summed E-state index contributed by atoms with van der Waals surface area (Å²) in [5.41, 5.74) is 1.83. The lowest BCUT2D eigenvalue weighted by Crippen LogP contribution is -2.21. The zero-order valence-electron chi connectivity index (χ0n) is 14.0. The zero-order chi connectivity index (χ0) is 18.4. The van der Waals surface area contributed by atoms with Gasteiger partial charge in [0, 0.05) is 15.8 Å². The van der Waals surface area contributed by atoms with E-state index in [0.29, 0.717) is 5.69 Å². The summed E-state index contributed by atoms with van der Waals surface area (Å²) in [4.78, 5) is 29.4. The Hall–Kier alpha value is -2.64. The van der Waals surface area contributed by atoms with Gasteiger partial charge in [-0.3, -0.25) is 4.79 Å². The number of benzene rings is 2. The smallest absolute Gasteiger partial charge is 0.358 e. The first-order chi connectivity index (χ1) is 12.7. The molecule has 1 N–H and O–H groups in total. The molecule has 3 aromatic rings. The summed E-state index contributed by atoms with van der Waals surface area (Å²) < 4.78 is 5.07. The van der Waals surface area contributed by atoms with Crippen molar-refractivity contribution in [3.63, 3.8) is 0 Å². The Bertz CT molecular complexity index is 910. The number of rotatable bonds is 6. The number of thioether (sulfide) groups is 1. The molecular weight excluding hydrogens is 368 g/mol. The van der Waals surface area contributed by atoms with Crippen molar-refractivity contribution in [3.8, 4) is 10.6 Å². The Kier molecular flexibility index (Phi) is 6.04. The molecule has 0 bridgehead atoms. The molecule has 5 nitrogen and oxygen atoms in total. The van der Waals surface area contributed by atoms with Crippen molar-refractivity contribution in [2.45, 2.75) is 4.90 Å². The minimum atomic E-state index is -0.614. The molecule has 0 saturated heterocycles. The third-order valence-electron chi connectivity index (χ3n) is 3.45. The maximum atomic E-state index is 12.1. The highest BCUT2D eigenvalue weighted by molar-refractivity contribution is 7.98. The van der Waals surface area contributed by atoms with Crippen LogP contribution in [0.5, 0.6) is 0 Å². The van der Waals surface area contributed by atoms with E-state index in [0.717, 1.165) is 15.5 Å². The molecule has 0 atom stereocenters. The van der Waals surface area contributed by atoms with Crippen LogP contribution in [-0.4, -0.2) is 29.7 Å². The molecule has 3 rings (SSSR count). The number of amides is 1. The Morgan fingerprint density at radius 1 is 1.12 bits per heavy atom. The standard InChI is InChI=1S/C19H16N2O3S2/c1-25-16-10-6-5-9-14(16)20-17(22)11-24-19(23)15-12-26-18(21-15)13-7-3-2-4-8-13/h2-10,12H,11H2,1H3,(H,20,22). The number of thiazole rings is 1. The Morgan fingerprint density at radius 3 is 2.62 bits per heavy atom. The fraction of sp³-hybridized carbons (Fsp3) is 0.105. The normalized spacial score (nSPS) is 10.3. The summed E-state index contributed by atoms with van der Waals surface area (Å²) in [6, 6.07) is 17.0. The number of aromatic nitrogens is 1. The number of carbonyl (C=O) groups excluding carboxylic acids is 2. The molecule has 0 aliphatic heterocycles. The molecule has 2 aromatic carbocycles. The number of hydrogen-bond acceptors (Lipinski definition) is 6. The van der Waals surface area contributed by atoms with Crippen molar-refractivity contribution in [2.24, 2.45) is 0 Å². The molecule has 26 heavy (non-hydrogen) atoms. The lowest BCUT2D eigenvalue weighted by Gasteiger charge is -2.09. The first-order valence-corrected chi connectivity index (χ1v) is 9.89. The van der Waals surface area contributed by atoms with E-state index in [1.165, 1.54) is 23.1 Å². The Balaban J connectivity index is 1.57. The molecule has 0 spiro atoms. The summed E-state index contributed by atoms with van der Waals surface area (Å²) >= 11 is 2.89. The van der Waals surface area contributed by atoms with Crippen molar-refractivity contribution in [1.29, 1.82) is 0 Å². The van der Waals surface area contributed by atoms with Crippen LogP contribution in [-0.2, 0) is 9.53 Å². The molecule has 1 amide bonds. The molecule has 1 heterocycles. The molecule has 1 aromatic heterocycles. The largest absolute Gasteiger partial charge is 0.451 e. The van der Waals surface area contributed by atoms with Gasteiger partial charge in [-0.05, 0) is 18.4 Å². The number of para-hydroxylation sites is 1. The van der Waals surface area contributed by atoms with Crippen LogP contribution in [0.3, 0.4) is 0 Å². The number of anilines is 1. The highest BCUT2D eigenvalue weighted by atomic mass is 32.2. The lowest BCUT2D eigenvalue weighted by atomic mass is 10.2. The van der Waals surface area contributed by atoms with Crippen LogP contribution in [0.25, 0.3) is 10.6 Å². The summed E-state index contributed by atoms with van der Waals surface area (Å²) in [7, 11) is 0. The topological polar surface area (TPSA) is 68.3 Å². The maximum Gasteiger partial charge on any atom is 0.358 e. The van der Waals surface area contributed by atoms with Gasteiger partial charge in [0.2, 0.25) is 0 Å². The second kappa shape index (κ2) is 8.64. The predicted octanol–water partition coefficient (Wildman–Crippen LogP) is 4.33. The molecule has 0 aliphatic rings. The van der Waals surface area contributed by atoms with Crippen LogP contribution < -0.4 is 5.32 Å². The number of nitrogens with zero attached hydrogens (tertiary/aromatic N) is 1. The van der Waals surface area contributed by atoms with Crippen molar-refractivity contribution in [1.82, 2.24) is 4.98 Å². The van der Waals surface area contributed by atoms with Crippen LogP contribution in [0.2, 0.25) is 0 Å². The van der Waals surface area contributed by atoms with Gasteiger partial charge in [-0.2, -0.15) is 0 Å². The highest BCUT2D eigenvalue weighted by Crippen LogP contribution is 2.25. The summed E-state index contributed by atoms with van der Waals surface area (Å²) in [5, 5.41) is 5.11. The van der Waals surface area contributed by atoms with Crippen LogP contribution in [0.1, 0.15) is 10.5 Å². The van der Waals surface area contributed by atoms with Crippen LogP contribution in [0.15, 0.2) is 64.9 Å². The predicted molar refractivity (Wildman–Crippen MR) is 105 cm³/mol. The summed E-state index contributed by atoms with van der Waals surface area (Å²) in [5.74, 6) is -1.00. The van der Waals surface area contributed by atoms with E-state index in [4.69, 9.17) is 4.74 Å². The molecule has 0 aliphatic carbocycles. The average Bonchev–Trinajstić information content (AvgIpc) is 3.17. The van der Waals surface area contributed by atoms with Gasteiger partial charge in [0.1, 0.15) is 5.01 Å². The monoisotopic (exact) mass is 384 g/mol. The molecular formula is C19H16N2O3S2.